The van der Waals surface area contributed by atoms with Gasteiger partial charge in [-0.25, -0.2) is 4.52 Å². The van der Waals surface area contributed by atoms with Crippen LogP contribution in [-0.4, -0.2) is 9.61 Å². The Kier molecular flexibility index (Phi) is 1.96. The Morgan fingerprint density at radius 1 is 1.62 bits per heavy atom. The van der Waals surface area contributed by atoms with E-state index in [2.05, 4.69) is 33.8 Å². The highest BCUT2D eigenvalue weighted by molar-refractivity contribution is 14.1. The van der Waals surface area contributed by atoms with E-state index in [0.29, 0.717) is 5.56 Å². The Labute approximate surface area is 89.1 Å². The number of fused-ring (bicyclic) bond motifs is 1. The van der Waals surface area contributed by atoms with E-state index < -0.39 is 0 Å². The predicted molar refractivity (Wildman–Crippen MR) is 57.4 cm³/mol. The molecule has 2 rings (SSSR count). The number of aromatic nitrogens is 2. The molecule has 13 heavy (non-hydrogen) atoms. The first-order valence-corrected chi connectivity index (χ1v) is 4.84. The van der Waals surface area contributed by atoms with Gasteiger partial charge in [-0.3, -0.25) is 0 Å². The first-order chi connectivity index (χ1) is 6.22. The van der Waals surface area contributed by atoms with E-state index in [4.69, 9.17) is 5.26 Å². The van der Waals surface area contributed by atoms with Crippen LogP contribution < -0.4 is 0 Å². The van der Waals surface area contributed by atoms with Crippen LogP contribution in [-0.2, 0) is 0 Å². The van der Waals surface area contributed by atoms with Gasteiger partial charge in [0.2, 0.25) is 0 Å². The molecule has 0 fully saturated rings. The van der Waals surface area contributed by atoms with Crippen LogP contribution in [0.4, 0.5) is 0 Å². The molecule has 64 valence electrons. The van der Waals surface area contributed by atoms with Crippen LogP contribution in [0.5, 0.6) is 0 Å². The van der Waals surface area contributed by atoms with Gasteiger partial charge in [-0.15, -0.1) is 0 Å². The lowest BCUT2D eigenvalue weighted by Gasteiger charge is -1.98. The lowest BCUT2D eigenvalue weighted by atomic mass is 10.2. The number of hydrogen-bond acceptors (Lipinski definition) is 2. The van der Waals surface area contributed by atoms with Crippen molar-refractivity contribution in [3.05, 3.63) is 33.2 Å². The monoisotopic (exact) mass is 283 g/mol. The minimum absolute atomic E-state index is 0.643. The summed E-state index contributed by atoms with van der Waals surface area (Å²) in [6.07, 6.45) is 3.54. The minimum atomic E-state index is 0.643. The maximum atomic E-state index is 8.74. The van der Waals surface area contributed by atoms with Gasteiger partial charge in [0.15, 0.2) is 0 Å². The second-order valence-electron chi connectivity index (χ2n) is 2.81. The normalized spacial score (nSPS) is 10.2. The summed E-state index contributed by atoms with van der Waals surface area (Å²) in [4.78, 5) is 0. The molecule has 0 radical (unpaired) electrons. The molecule has 0 spiro atoms. The molecule has 0 saturated heterocycles. The molecule has 0 amide bonds. The molecule has 0 atom stereocenters. The van der Waals surface area contributed by atoms with Crippen LogP contribution >= 0.6 is 22.6 Å². The number of rotatable bonds is 0. The van der Waals surface area contributed by atoms with E-state index in [9.17, 15) is 0 Å². The van der Waals surface area contributed by atoms with Crippen molar-refractivity contribution in [2.24, 2.45) is 0 Å². The third-order valence-corrected chi connectivity index (χ3v) is 2.68. The Bertz CT molecular complexity index is 507. The van der Waals surface area contributed by atoms with Crippen molar-refractivity contribution in [1.82, 2.24) is 9.61 Å². The molecule has 3 nitrogen and oxygen atoms in total. The highest BCUT2D eigenvalue weighted by Crippen LogP contribution is 2.18. The molecule has 0 unspecified atom stereocenters. The highest BCUT2D eigenvalue weighted by atomic mass is 127. The minimum Gasteiger partial charge on any atom is -0.238 e. The average molecular weight is 283 g/mol. The molecule has 4 heteroatoms. The molecule has 0 aromatic carbocycles. The molecule has 0 bridgehead atoms. The van der Waals surface area contributed by atoms with Gasteiger partial charge >= 0.3 is 0 Å². The molecule has 0 aliphatic heterocycles. The van der Waals surface area contributed by atoms with Crippen LogP contribution in [0.25, 0.3) is 5.52 Å². The van der Waals surface area contributed by atoms with Crippen LogP contribution in [0, 0.1) is 21.8 Å². The fourth-order valence-electron chi connectivity index (χ4n) is 1.34. The Balaban J connectivity index is 2.89. The summed E-state index contributed by atoms with van der Waals surface area (Å²) in [5.41, 5.74) is 2.81. The number of nitriles is 1. The fourth-order valence-corrected chi connectivity index (χ4v) is 2.14. The van der Waals surface area contributed by atoms with Crippen molar-refractivity contribution in [2.45, 2.75) is 6.92 Å². The first-order valence-electron chi connectivity index (χ1n) is 3.76. The zero-order valence-corrected chi connectivity index (χ0v) is 9.11. The van der Waals surface area contributed by atoms with Gasteiger partial charge in [0.1, 0.15) is 6.07 Å². The third kappa shape index (κ3) is 1.29. The summed E-state index contributed by atoms with van der Waals surface area (Å²) < 4.78 is 2.86. The zero-order valence-electron chi connectivity index (χ0n) is 6.95. The predicted octanol–water partition coefficient (Wildman–Crippen LogP) is 2.12. The molecule has 0 aliphatic rings. The lowest BCUT2D eigenvalue weighted by Crippen LogP contribution is -1.91. The molecule has 2 aromatic rings. The second-order valence-corrected chi connectivity index (χ2v) is 3.97. The van der Waals surface area contributed by atoms with E-state index in [1.54, 1.807) is 16.9 Å². The molecule has 0 aliphatic carbocycles. The Hall–Kier alpha value is -1.09. The molecular weight excluding hydrogens is 277 g/mol. The van der Waals surface area contributed by atoms with Crippen molar-refractivity contribution in [1.29, 1.82) is 5.26 Å². The SMILES string of the molecule is Cc1cc(C#N)cn2ncc(I)c12. The summed E-state index contributed by atoms with van der Waals surface area (Å²) in [7, 11) is 0. The van der Waals surface area contributed by atoms with Crippen LogP contribution in [0.2, 0.25) is 0 Å². The van der Waals surface area contributed by atoms with Gasteiger partial charge in [-0.05, 0) is 41.1 Å². The number of halogens is 1. The molecule has 2 aromatic heterocycles. The van der Waals surface area contributed by atoms with Crippen LogP contribution in [0.15, 0.2) is 18.5 Å². The van der Waals surface area contributed by atoms with Crippen molar-refractivity contribution >= 4 is 28.1 Å². The fraction of sp³-hybridized carbons (Fsp3) is 0.111. The molecule has 0 N–H and O–H groups in total. The summed E-state index contributed by atoms with van der Waals surface area (Å²) in [5, 5.41) is 12.9. The smallest absolute Gasteiger partial charge is 0.101 e. The van der Waals surface area contributed by atoms with Crippen LogP contribution in [0.3, 0.4) is 0 Å². The summed E-state index contributed by atoms with van der Waals surface area (Å²) >= 11 is 2.24. The number of aryl methyl sites for hydroxylation is 1. The lowest BCUT2D eigenvalue weighted by molar-refractivity contribution is 0.952. The van der Waals surface area contributed by atoms with E-state index in [0.717, 1.165) is 14.7 Å². The topological polar surface area (TPSA) is 41.1 Å². The largest absolute Gasteiger partial charge is 0.238 e. The summed E-state index contributed by atoms with van der Waals surface area (Å²) in [5.74, 6) is 0. The number of pyridine rings is 1. The maximum Gasteiger partial charge on any atom is 0.101 e. The third-order valence-electron chi connectivity index (χ3n) is 1.89. The number of nitrogens with zero attached hydrogens (tertiary/aromatic N) is 3. The van der Waals surface area contributed by atoms with Gasteiger partial charge in [0.25, 0.3) is 0 Å². The van der Waals surface area contributed by atoms with Crippen molar-refractivity contribution in [3.63, 3.8) is 0 Å². The van der Waals surface area contributed by atoms with E-state index in [1.165, 1.54) is 0 Å². The maximum absolute atomic E-state index is 8.74. The molecule has 0 saturated carbocycles. The summed E-state index contributed by atoms with van der Waals surface area (Å²) in [6, 6.07) is 3.98. The van der Waals surface area contributed by atoms with Crippen molar-refractivity contribution in [2.75, 3.05) is 0 Å². The van der Waals surface area contributed by atoms with Crippen LogP contribution in [0.1, 0.15) is 11.1 Å². The summed E-state index contributed by atoms with van der Waals surface area (Å²) in [6.45, 7) is 1.99. The Morgan fingerprint density at radius 3 is 3.08 bits per heavy atom. The zero-order chi connectivity index (χ0) is 9.42. The van der Waals surface area contributed by atoms with Gasteiger partial charge < -0.3 is 0 Å². The van der Waals surface area contributed by atoms with Gasteiger partial charge in [-0.1, -0.05) is 0 Å². The highest BCUT2D eigenvalue weighted by Gasteiger charge is 2.05. The Morgan fingerprint density at radius 2 is 2.38 bits per heavy atom. The molecule has 2 heterocycles. The van der Waals surface area contributed by atoms with E-state index >= 15 is 0 Å². The van der Waals surface area contributed by atoms with Crippen molar-refractivity contribution < 1.29 is 0 Å². The standard InChI is InChI=1S/C9H6IN3/c1-6-2-7(3-11)5-13-9(6)8(10)4-12-13/h2,4-5H,1H3. The van der Waals surface area contributed by atoms with Gasteiger partial charge in [0.05, 0.1) is 20.8 Å². The van der Waals surface area contributed by atoms with Crippen molar-refractivity contribution in [3.8, 4) is 6.07 Å². The van der Waals surface area contributed by atoms with E-state index in [-0.39, 0.29) is 0 Å². The van der Waals surface area contributed by atoms with Gasteiger partial charge in [-0.2, -0.15) is 10.4 Å². The van der Waals surface area contributed by atoms with E-state index in [1.807, 2.05) is 13.0 Å². The molecular formula is C9H6IN3. The average Bonchev–Trinajstić information content (AvgIpc) is 2.48. The number of hydrogen-bond donors (Lipinski definition) is 0. The quantitative estimate of drug-likeness (QED) is 0.695. The second kappa shape index (κ2) is 3.00. The van der Waals surface area contributed by atoms with Gasteiger partial charge in [0, 0.05) is 6.20 Å². The first kappa shape index (κ1) is 8.51.